The van der Waals surface area contributed by atoms with Crippen molar-refractivity contribution in [3.8, 4) is 11.4 Å². The number of nitrogens with zero attached hydrogens (tertiary/aromatic N) is 2. The molecule has 0 atom stereocenters. The van der Waals surface area contributed by atoms with Crippen LogP contribution < -0.4 is 11.0 Å². The number of hydrogen-bond donors (Lipinski definition) is 0. The van der Waals surface area contributed by atoms with Crippen LogP contribution in [0.4, 0.5) is 0 Å². The fourth-order valence-electron chi connectivity index (χ4n) is 3.75. The molecule has 0 aliphatic rings. The minimum absolute atomic E-state index is 0.000651. The van der Waals surface area contributed by atoms with Crippen molar-refractivity contribution in [1.82, 2.24) is 9.55 Å². The molecule has 0 aliphatic heterocycles. The van der Waals surface area contributed by atoms with Crippen molar-refractivity contribution in [2.24, 2.45) is 0 Å². The van der Waals surface area contributed by atoms with Crippen LogP contribution in [0.5, 0.6) is 0 Å². The van der Waals surface area contributed by atoms with E-state index in [1.54, 1.807) is 30.3 Å². The predicted octanol–water partition coefficient (Wildman–Crippen LogP) is 5.83. The number of fused-ring (bicyclic) bond motifs is 2. The van der Waals surface area contributed by atoms with E-state index in [4.69, 9.17) is 16.0 Å². The quantitative estimate of drug-likeness (QED) is 0.287. The lowest BCUT2D eigenvalue weighted by Crippen LogP contribution is -2.28. The number of benzene rings is 3. The van der Waals surface area contributed by atoms with Gasteiger partial charge in [-0.2, -0.15) is 4.98 Å². The van der Waals surface area contributed by atoms with Crippen molar-refractivity contribution in [1.29, 1.82) is 0 Å². The second kappa shape index (κ2) is 8.37. The number of aryl methyl sites for hydroxylation is 1. The highest BCUT2D eigenvalue weighted by Crippen LogP contribution is 2.27. The molecule has 0 fully saturated rings. The molecule has 0 spiro atoms. The summed E-state index contributed by atoms with van der Waals surface area (Å²) < 4.78 is 8.13. The topological polar surface area (TPSA) is 65.1 Å². The molecule has 0 amide bonds. The molecule has 2 heterocycles. The molecule has 7 heteroatoms. The van der Waals surface area contributed by atoms with Gasteiger partial charge < -0.3 is 4.42 Å². The fourth-order valence-corrected chi connectivity index (χ4v) is 4.33. The van der Waals surface area contributed by atoms with Crippen molar-refractivity contribution in [3.63, 3.8) is 0 Å². The molecular weight excluding hydrogens is 492 g/mol. The first-order valence-electron chi connectivity index (χ1n) is 9.98. The molecule has 5 rings (SSSR count). The van der Waals surface area contributed by atoms with Crippen molar-refractivity contribution < 1.29 is 4.42 Å². The van der Waals surface area contributed by atoms with Crippen LogP contribution in [0.2, 0.25) is 5.02 Å². The molecular formula is C25H16BrClN2O3. The molecule has 32 heavy (non-hydrogen) atoms. The van der Waals surface area contributed by atoms with Crippen LogP contribution >= 0.6 is 27.5 Å². The molecule has 5 aromatic rings. The van der Waals surface area contributed by atoms with Crippen molar-refractivity contribution in [2.45, 2.75) is 13.0 Å². The third-order valence-electron chi connectivity index (χ3n) is 5.34. The third-order valence-corrected chi connectivity index (χ3v) is 6.16. The predicted molar refractivity (Wildman–Crippen MR) is 130 cm³/mol. The lowest BCUT2D eigenvalue weighted by Gasteiger charge is -2.14. The molecule has 3 aromatic carbocycles. The van der Waals surface area contributed by atoms with Gasteiger partial charge in [-0.05, 0) is 42.3 Å². The summed E-state index contributed by atoms with van der Waals surface area (Å²) >= 11 is 9.81. The van der Waals surface area contributed by atoms with Crippen molar-refractivity contribution in [2.75, 3.05) is 0 Å². The summed E-state index contributed by atoms with van der Waals surface area (Å²) in [5.41, 5.74) is 1.18. The average Bonchev–Trinajstić information content (AvgIpc) is 2.80. The van der Waals surface area contributed by atoms with E-state index >= 15 is 0 Å². The maximum Gasteiger partial charge on any atom is 0.269 e. The normalized spacial score (nSPS) is 11.3. The fraction of sp³-hybridized carbons (Fsp3) is 0.0800. The summed E-state index contributed by atoms with van der Waals surface area (Å²) in [4.78, 5) is 31.5. The molecule has 0 saturated carbocycles. The van der Waals surface area contributed by atoms with Gasteiger partial charge in [0, 0.05) is 16.6 Å². The van der Waals surface area contributed by atoms with Gasteiger partial charge in [-0.3, -0.25) is 14.2 Å². The molecule has 0 unspecified atom stereocenters. The Morgan fingerprint density at radius 2 is 1.72 bits per heavy atom. The Balaban J connectivity index is 1.80. The number of halogens is 2. The Labute approximate surface area is 196 Å². The second-order valence-electron chi connectivity index (χ2n) is 7.36. The Bertz CT molecular complexity index is 1590. The van der Waals surface area contributed by atoms with E-state index in [0.717, 1.165) is 10.0 Å². The Morgan fingerprint density at radius 1 is 0.969 bits per heavy atom. The van der Waals surface area contributed by atoms with Crippen molar-refractivity contribution in [3.05, 3.63) is 108 Å². The summed E-state index contributed by atoms with van der Waals surface area (Å²) in [6.07, 6.45) is 0.593. The van der Waals surface area contributed by atoms with E-state index in [9.17, 15) is 9.59 Å². The summed E-state index contributed by atoms with van der Waals surface area (Å²) in [6.45, 7) is 0.336. The molecule has 0 bridgehead atoms. The average molecular weight is 508 g/mol. The minimum Gasteiger partial charge on any atom is -0.437 e. The number of rotatable bonds is 4. The SMILES string of the molecule is O=c1c2cc(Br)ccc2oc2nc(-c3ccccc3Cl)n(CCc3ccccc3)c(=O)c12. The van der Waals surface area contributed by atoms with E-state index in [2.05, 4.69) is 20.9 Å². The van der Waals surface area contributed by atoms with Crippen LogP contribution in [-0.2, 0) is 13.0 Å². The van der Waals surface area contributed by atoms with E-state index in [-0.39, 0.29) is 11.1 Å². The van der Waals surface area contributed by atoms with E-state index in [0.29, 0.717) is 40.3 Å². The molecule has 0 aliphatic carbocycles. The van der Waals surface area contributed by atoms with E-state index in [1.807, 2.05) is 42.5 Å². The molecule has 0 N–H and O–H groups in total. The maximum absolute atomic E-state index is 13.6. The third kappa shape index (κ3) is 3.66. The molecule has 0 radical (unpaired) electrons. The van der Waals surface area contributed by atoms with E-state index < -0.39 is 11.0 Å². The van der Waals surface area contributed by atoms with Crippen LogP contribution in [0, 0.1) is 0 Å². The van der Waals surface area contributed by atoms with Gasteiger partial charge in [0.25, 0.3) is 5.56 Å². The molecule has 2 aromatic heterocycles. The van der Waals surface area contributed by atoms with Gasteiger partial charge in [-0.1, -0.05) is 70.0 Å². The Kier molecular flexibility index (Phi) is 5.41. The highest BCUT2D eigenvalue weighted by Gasteiger charge is 2.20. The number of aromatic nitrogens is 2. The maximum atomic E-state index is 13.6. The van der Waals surface area contributed by atoms with Gasteiger partial charge in [0.05, 0.1) is 10.4 Å². The second-order valence-corrected chi connectivity index (χ2v) is 8.68. The first kappa shape index (κ1) is 20.7. The van der Waals surface area contributed by atoms with Crippen LogP contribution in [0.1, 0.15) is 5.56 Å². The van der Waals surface area contributed by atoms with Gasteiger partial charge in [0.15, 0.2) is 5.39 Å². The van der Waals surface area contributed by atoms with E-state index in [1.165, 1.54) is 4.57 Å². The first-order valence-corrected chi connectivity index (χ1v) is 11.2. The first-order chi connectivity index (χ1) is 15.5. The largest absolute Gasteiger partial charge is 0.437 e. The summed E-state index contributed by atoms with van der Waals surface area (Å²) in [5, 5.41) is 0.713. The Morgan fingerprint density at radius 3 is 2.50 bits per heavy atom. The molecule has 158 valence electrons. The van der Waals surface area contributed by atoms with Gasteiger partial charge in [-0.15, -0.1) is 0 Å². The van der Waals surface area contributed by atoms with Gasteiger partial charge in [0.2, 0.25) is 11.1 Å². The highest BCUT2D eigenvalue weighted by molar-refractivity contribution is 9.10. The van der Waals surface area contributed by atoms with Crippen LogP contribution in [0.25, 0.3) is 33.5 Å². The van der Waals surface area contributed by atoms with Crippen LogP contribution in [0.3, 0.4) is 0 Å². The zero-order chi connectivity index (χ0) is 22.2. The van der Waals surface area contributed by atoms with Gasteiger partial charge >= 0.3 is 0 Å². The zero-order valence-corrected chi connectivity index (χ0v) is 19.1. The molecule has 5 nitrogen and oxygen atoms in total. The lowest BCUT2D eigenvalue weighted by atomic mass is 10.1. The lowest BCUT2D eigenvalue weighted by molar-refractivity contribution is 0.623. The summed E-state index contributed by atoms with van der Waals surface area (Å²) in [5.74, 6) is 0.364. The molecule has 0 saturated heterocycles. The summed E-state index contributed by atoms with van der Waals surface area (Å²) in [6, 6.07) is 22.1. The minimum atomic E-state index is -0.448. The van der Waals surface area contributed by atoms with Gasteiger partial charge in [-0.25, -0.2) is 0 Å². The standard InChI is InChI=1S/C25H16BrClN2O3/c26-16-10-11-20-18(14-16)22(30)21-24(32-20)28-23(17-8-4-5-9-19(17)27)29(25(21)31)13-12-15-6-2-1-3-7-15/h1-11,14H,12-13H2. The smallest absolute Gasteiger partial charge is 0.269 e. The van der Waals surface area contributed by atoms with Crippen molar-refractivity contribution >= 4 is 49.6 Å². The van der Waals surface area contributed by atoms with Gasteiger partial charge in [0.1, 0.15) is 11.4 Å². The highest BCUT2D eigenvalue weighted by atomic mass is 79.9. The zero-order valence-electron chi connectivity index (χ0n) is 16.7. The Hall–Kier alpha value is -3.22. The monoisotopic (exact) mass is 506 g/mol. The number of hydrogen-bond acceptors (Lipinski definition) is 4. The van der Waals surface area contributed by atoms with Crippen LogP contribution in [-0.4, -0.2) is 9.55 Å². The van der Waals surface area contributed by atoms with Crippen LogP contribution in [0.15, 0.2) is 91.3 Å². The summed E-state index contributed by atoms with van der Waals surface area (Å²) in [7, 11) is 0.